The van der Waals surface area contributed by atoms with Crippen LogP contribution in [0.25, 0.3) is 0 Å². The van der Waals surface area contributed by atoms with Crippen molar-refractivity contribution in [2.75, 3.05) is 6.61 Å². The number of halogens is 3. The summed E-state index contributed by atoms with van der Waals surface area (Å²) in [5.74, 6) is -0.510. The molecule has 1 aromatic rings. The summed E-state index contributed by atoms with van der Waals surface area (Å²) in [6, 6.07) is 3.26. The first-order valence-electron chi connectivity index (χ1n) is 3.88. The fourth-order valence-electron chi connectivity index (χ4n) is 0.917. The molecule has 1 rings (SSSR count). The van der Waals surface area contributed by atoms with Gasteiger partial charge in [-0.2, -0.15) is 0 Å². The number of carbonyl (C=O) groups is 1. The predicted octanol–water partition coefficient (Wildman–Crippen LogP) is 3.93. The molecule has 76 valence electrons. The molecule has 5 heteroatoms. The lowest BCUT2D eigenvalue weighted by Crippen LogP contribution is -2.06. The Bertz CT molecular complexity index is 366. The van der Waals surface area contributed by atoms with Gasteiger partial charge in [-0.15, -0.1) is 0 Å². The Labute approximate surface area is 100 Å². The van der Waals surface area contributed by atoms with Crippen molar-refractivity contribution in [3.8, 4) is 0 Å². The van der Waals surface area contributed by atoms with Crippen molar-refractivity contribution in [3.05, 3.63) is 32.2 Å². The van der Waals surface area contributed by atoms with Gasteiger partial charge in [-0.1, -0.05) is 23.2 Å². The van der Waals surface area contributed by atoms with Crippen LogP contribution < -0.4 is 0 Å². The van der Waals surface area contributed by atoms with Gasteiger partial charge >= 0.3 is 5.97 Å². The summed E-state index contributed by atoms with van der Waals surface area (Å²) in [6.07, 6.45) is 0. The highest BCUT2D eigenvalue weighted by molar-refractivity contribution is 9.10. The average molecular weight is 298 g/mol. The van der Waals surface area contributed by atoms with Crippen molar-refractivity contribution in [2.45, 2.75) is 6.92 Å². The van der Waals surface area contributed by atoms with E-state index in [2.05, 4.69) is 15.9 Å². The Morgan fingerprint density at radius 2 is 2.14 bits per heavy atom. The number of hydrogen-bond acceptors (Lipinski definition) is 2. The molecule has 0 saturated heterocycles. The zero-order valence-corrected chi connectivity index (χ0v) is 10.4. The number of esters is 1. The lowest BCUT2D eigenvalue weighted by atomic mass is 10.2. The van der Waals surface area contributed by atoms with Gasteiger partial charge in [-0.3, -0.25) is 0 Å². The zero-order chi connectivity index (χ0) is 10.7. The highest BCUT2D eigenvalue weighted by Gasteiger charge is 2.17. The number of carbonyl (C=O) groups excluding carboxylic acids is 1. The molecule has 0 aliphatic heterocycles. The van der Waals surface area contributed by atoms with Crippen molar-refractivity contribution in [2.24, 2.45) is 0 Å². The van der Waals surface area contributed by atoms with Gasteiger partial charge in [0.1, 0.15) is 0 Å². The molecule has 0 spiro atoms. The quantitative estimate of drug-likeness (QED) is 0.611. The second-order valence-electron chi connectivity index (χ2n) is 2.44. The van der Waals surface area contributed by atoms with Crippen LogP contribution in [-0.4, -0.2) is 12.6 Å². The zero-order valence-electron chi connectivity index (χ0n) is 7.31. The van der Waals surface area contributed by atoms with Crippen LogP contribution in [-0.2, 0) is 4.74 Å². The summed E-state index contributed by atoms with van der Waals surface area (Å²) < 4.78 is 5.43. The molecule has 14 heavy (non-hydrogen) atoms. The monoisotopic (exact) mass is 296 g/mol. The van der Waals surface area contributed by atoms with Crippen molar-refractivity contribution in [3.63, 3.8) is 0 Å². The summed E-state index contributed by atoms with van der Waals surface area (Å²) in [5, 5.41) is 0.563. The van der Waals surface area contributed by atoms with Gasteiger partial charge in [-0.05, 0) is 35.0 Å². The first kappa shape index (κ1) is 11.8. The van der Waals surface area contributed by atoms with E-state index >= 15 is 0 Å². The van der Waals surface area contributed by atoms with Gasteiger partial charge in [0.2, 0.25) is 0 Å². The van der Waals surface area contributed by atoms with Crippen LogP contribution in [0.2, 0.25) is 10.0 Å². The molecule has 0 unspecified atom stereocenters. The molecular formula is C9H7BrCl2O2. The molecule has 0 heterocycles. The normalized spacial score (nSPS) is 10.0. The second kappa shape index (κ2) is 5.01. The second-order valence-corrected chi connectivity index (χ2v) is 4.08. The van der Waals surface area contributed by atoms with E-state index in [1.807, 2.05) is 0 Å². The van der Waals surface area contributed by atoms with Crippen LogP contribution in [0, 0.1) is 0 Å². The Morgan fingerprint density at radius 3 is 2.71 bits per heavy atom. The van der Waals surface area contributed by atoms with Crippen LogP contribution >= 0.6 is 39.1 Å². The third-order valence-electron chi connectivity index (χ3n) is 1.52. The minimum atomic E-state index is -0.510. The van der Waals surface area contributed by atoms with E-state index in [1.54, 1.807) is 19.1 Å². The van der Waals surface area contributed by atoms with E-state index in [9.17, 15) is 4.79 Å². The third kappa shape index (κ3) is 2.41. The van der Waals surface area contributed by atoms with E-state index in [1.165, 1.54) is 0 Å². The fraction of sp³-hybridized carbons (Fsp3) is 0.222. The fourth-order valence-corrected chi connectivity index (χ4v) is 1.77. The van der Waals surface area contributed by atoms with Gasteiger partial charge < -0.3 is 4.74 Å². The molecule has 0 aliphatic rings. The Balaban J connectivity index is 3.18. The summed E-state index contributed by atoms with van der Waals surface area (Å²) in [7, 11) is 0. The Kier molecular flexibility index (Phi) is 4.23. The van der Waals surface area contributed by atoms with Gasteiger partial charge in [0.15, 0.2) is 0 Å². The first-order chi connectivity index (χ1) is 6.57. The maximum atomic E-state index is 11.4. The van der Waals surface area contributed by atoms with Crippen LogP contribution in [0.15, 0.2) is 16.6 Å². The molecule has 0 bridgehead atoms. The number of hydrogen-bond donors (Lipinski definition) is 0. The highest BCUT2D eigenvalue weighted by atomic mass is 79.9. The third-order valence-corrected chi connectivity index (χ3v) is 3.12. The SMILES string of the molecule is CCOC(=O)c1c(Cl)ccc(Br)c1Cl. The molecular weight excluding hydrogens is 291 g/mol. The predicted molar refractivity (Wildman–Crippen MR) is 60.1 cm³/mol. The molecule has 0 aromatic heterocycles. The summed E-state index contributed by atoms with van der Waals surface area (Å²) >= 11 is 14.9. The molecule has 0 fully saturated rings. The lowest BCUT2D eigenvalue weighted by Gasteiger charge is -2.07. The van der Waals surface area contributed by atoms with E-state index in [0.717, 1.165) is 0 Å². The van der Waals surface area contributed by atoms with E-state index < -0.39 is 5.97 Å². The van der Waals surface area contributed by atoms with Crippen molar-refractivity contribution < 1.29 is 9.53 Å². The van der Waals surface area contributed by atoms with E-state index in [4.69, 9.17) is 27.9 Å². The summed E-state index contributed by atoms with van der Waals surface area (Å²) in [5.41, 5.74) is 0.199. The molecule has 0 amide bonds. The van der Waals surface area contributed by atoms with Crippen LogP contribution in [0.3, 0.4) is 0 Å². The maximum absolute atomic E-state index is 11.4. The summed E-state index contributed by atoms with van der Waals surface area (Å²) in [6.45, 7) is 2.01. The minimum absolute atomic E-state index is 0.199. The van der Waals surface area contributed by atoms with Crippen molar-refractivity contribution in [1.82, 2.24) is 0 Å². The number of rotatable bonds is 2. The average Bonchev–Trinajstić information content (AvgIpc) is 2.13. The molecule has 0 saturated carbocycles. The molecule has 0 atom stereocenters. The molecule has 0 radical (unpaired) electrons. The standard InChI is InChI=1S/C9H7BrCl2O2/c1-2-14-9(13)7-6(11)4-3-5(10)8(7)12/h3-4H,2H2,1H3. The molecule has 2 nitrogen and oxygen atoms in total. The summed E-state index contributed by atoms with van der Waals surface area (Å²) in [4.78, 5) is 11.4. The first-order valence-corrected chi connectivity index (χ1v) is 5.43. The molecule has 0 aliphatic carbocycles. The number of benzene rings is 1. The molecule has 1 aromatic carbocycles. The Morgan fingerprint density at radius 1 is 1.50 bits per heavy atom. The maximum Gasteiger partial charge on any atom is 0.341 e. The van der Waals surface area contributed by atoms with E-state index in [-0.39, 0.29) is 22.2 Å². The van der Waals surface area contributed by atoms with E-state index in [0.29, 0.717) is 4.47 Å². The van der Waals surface area contributed by atoms with Gasteiger partial charge in [0.05, 0.1) is 22.2 Å². The van der Waals surface area contributed by atoms with Crippen molar-refractivity contribution in [1.29, 1.82) is 0 Å². The largest absolute Gasteiger partial charge is 0.462 e. The smallest absolute Gasteiger partial charge is 0.341 e. The van der Waals surface area contributed by atoms with Gasteiger partial charge in [0, 0.05) is 4.47 Å². The Hall–Kier alpha value is -0.250. The van der Waals surface area contributed by atoms with Gasteiger partial charge in [0.25, 0.3) is 0 Å². The lowest BCUT2D eigenvalue weighted by molar-refractivity contribution is 0.0526. The van der Waals surface area contributed by atoms with Crippen LogP contribution in [0.1, 0.15) is 17.3 Å². The number of ether oxygens (including phenoxy) is 1. The van der Waals surface area contributed by atoms with Gasteiger partial charge in [-0.25, -0.2) is 4.79 Å². The highest BCUT2D eigenvalue weighted by Crippen LogP contribution is 2.32. The van der Waals surface area contributed by atoms with Crippen molar-refractivity contribution >= 4 is 45.1 Å². The van der Waals surface area contributed by atoms with Crippen LogP contribution in [0.5, 0.6) is 0 Å². The van der Waals surface area contributed by atoms with Crippen LogP contribution in [0.4, 0.5) is 0 Å². The topological polar surface area (TPSA) is 26.3 Å². The minimum Gasteiger partial charge on any atom is -0.462 e. The molecule has 0 N–H and O–H groups in total.